The molecule has 0 radical (unpaired) electrons. The first-order chi connectivity index (χ1) is 10.7. The summed E-state index contributed by atoms with van der Waals surface area (Å²) in [5.41, 5.74) is 4.96. The number of nitrogens with zero attached hydrogens (tertiary/aromatic N) is 1. The van der Waals surface area contributed by atoms with Gasteiger partial charge in [-0.25, -0.2) is 4.98 Å². The molecular weight excluding hydrogens is 330 g/mol. The molecule has 1 nitrogen and oxygen atoms in total. The number of halogens is 1. The second-order valence-electron chi connectivity index (χ2n) is 5.13. The van der Waals surface area contributed by atoms with Crippen molar-refractivity contribution in [2.75, 3.05) is 0 Å². The molecule has 0 aliphatic rings. The van der Waals surface area contributed by atoms with Crippen LogP contribution < -0.4 is 0 Å². The predicted molar refractivity (Wildman–Crippen MR) is 98.7 cm³/mol. The van der Waals surface area contributed by atoms with Crippen LogP contribution in [0.5, 0.6) is 0 Å². The molecular formula is C18H16ClNS2. The molecule has 0 spiro atoms. The van der Waals surface area contributed by atoms with Crippen LogP contribution in [0.2, 0.25) is 5.02 Å². The number of thioether (sulfide) groups is 1. The van der Waals surface area contributed by atoms with E-state index in [0.717, 1.165) is 32.8 Å². The number of rotatable bonds is 5. The van der Waals surface area contributed by atoms with Crippen molar-refractivity contribution in [2.24, 2.45) is 0 Å². The molecule has 0 amide bonds. The fraction of sp³-hybridized carbons (Fsp3) is 0.167. The van der Waals surface area contributed by atoms with Crippen molar-refractivity contribution in [3.63, 3.8) is 0 Å². The van der Waals surface area contributed by atoms with Gasteiger partial charge in [-0.05, 0) is 24.6 Å². The SMILES string of the molecule is Cc1cccc(CSCc2csc(-c3ccc(Cl)cc3)n2)c1. The zero-order chi connectivity index (χ0) is 15.4. The summed E-state index contributed by atoms with van der Waals surface area (Å²) in [7, 11) is 0. The van der Waals surface area contributed by atoms with Crippen LogP contribution in [-0.2, 0) is 11.5 Å². The zero-order valence-electron chi connectivity index (χ0n) is 12.3. The smallest absolute Gasteiger partial charge is 0.123 e. The summed E-state index contributed by atoms with van der Waals surface area (Å²) >= 11 is 9.51. The van der Waals surface area contributed by atoms with E-state index in [4.69, 9.17) is 16.6 Å². The average Bonchev–Trinajstić information content (AvgIpc) is 2.97. The molecule has 0 saturated carbocycles. The van der Waals surface area contributed by atoms with E-state index in [1.807, 2.05) is 36.0 Å². The van der Waals surface area contributed by atoms with Gasteiger partial charge in [-0.2, -0.15) is 11.8 Å². The van der Waals surface area contributed by atoms with Crippen molar-refractivity contribution in [3.8, 4) is 10.6 Å². The molecule has 0 fully saturated rings. The van der Waals surface area contributed by atoms with Crippen molar-refractivity contribution in [1.29, 1.82) is 0 Å². The maximum atomic E-state index is 5.92. The summed E-state index contributed by atoms with van der Waals surface area (Å²) in [6.45, 7) is 2.13. The molecule has 3 rings (SSSR count). The van der Waals surface area contributed by atoms with Crippen molar-refractivity contribution in [3.05, 3.63) is 75.8 Å². The minimum Gasteiger partial charge on any atom is -0.240 e. The predicted octanol–water partition coefficient (Wildman–Crippen LogP) is 6.21. The number of thiazole rings is 1. The minimum absolute atomic E-state index is 0.759. The molecule has 0 bridgehead atoms. The Kier molecular flexibility index (Phi) is 5.19. The summed E-state index contributed by atoms with van der Waals surface area (Å²) in [6, 6.07) is 16.5. The van der Waals surface area contributed by atoms with E-state index in [0.29, 0.717) is 0 Å². The molecule has 112 valence electrons. The number of hydrogen-bond acceptors (Lipinski definition) is 3. The second-order valence-corrected chi connectivity index (χ2v) is 7.41. The third-order valence-electron chi connectivity index (χ3n) is 3.24. The normalized spacial score (nSPS) is 10.8. The maximum Gasteiger partial charge on any atom is 0.123 e. The van der Waals surface area contributed by atoms with Crippen LogP contribution in [0.3, 0.4) is 0 Å². The molecule has 22 heavy (non-hydrogen) atoms. The summed E-state index contributed by atoms with van der Waals surface area (Å²) in [5.74, 6) is 1.97. The van der Waals surface area contributed by atoms with Gasteiger partial charge in [-0.1, -0.05) is 53.6 Å². The highest BCUT2D eigenvalue weighted by molar-refractivity contribution is 7.97. The number of aryl methyl sites for hydroxylation is 1. The highest BCUT2D eigenvalue weighted by atomic mass is 35.5. The topological polar surface area (TPSA) is 12.9 Å². The van der Waals surface area contributed by atoms with Crippen molar-refractivity contribution < 1.29 is 0 Å². The molecule has 0 unspecified atom stereocenters. The minimum atomic E-state index is 0.759. The van der Waals surface area contributed by atoms with Gasteiger partial charge >= 0.3 is 0 Å². The van der Waals surface area contributed by atoms with E-state index >= 15 is 0 Å². The molecule has 3 aromatic rings. The van der Waals surface area contributed by atoms with E-state index in [9.17, 15) is 0 Å². The van der Waals surface area contributed by atoms with Crippen LogP contribution in [0.4, 0.5) is 0 Å². The quantitative estimate of drug-likeness (QED) is 0.545. The molecule has 4 heteroatoms. The highest BCUT2D eigenvalue weighted by Gasteiger charge is 2.05. The highest BCUT2D eigenvalue weighted by Crippen LogP contribution is 2.27. The van der Waals surface area contributed by atoms with Gasteiger partial charge in [-0.3, -0.25) is 0 Å². The molecule has 0 saturated heterocycles. The summed E-state index contributed by atoms with van der Waals surface area (Å²) in [5, 5.41) is 3.96. The monoisotopic (exact) mass is 345 g/mol. The second kappa shape index (κ2) is 7.32. The largest absolute Gasteiger partial charge is 0.240 e. The summed E-state index contributed by atoms with van der Waals surface area (Å²) < 4.78 is 0. The first kappa shape index (κ1) is 15.6. The summed E-state index contributed by atoms with van der Waals surface area (Å²) in [6.07, 6.45) is 0. The number of hydrogen-bond donors (Lipinski definition) is 0. The molecule has 1 heterocycles. The van der Waals surface area contributed by atoms with Gasteiger partial charge in [0.25, 0.3) is 0 Å². The lowest BCUT2D eigenvalue weighted by atomic mass is 10.2. The van der Waals surface area contributed by atoms with Gasteiger partial charge in [0.05, 0.1) is 5.69 Å². The average molecular weight is 346 g/mol. The fourth-order valence-corrected chi connectivity index (χ4v) is 4.11. The van der Waals surface area contributed by atoms with Gasteiger partial charge in [-0.15, -0.1) is 11.3 Å². The van der Waals surface area contributed by atoms with Gasteiger partial charge in [0.2, 0.25) is 0 Å². The van der Waals surface area contributed by atoms with Gasteiger partial charge < -0.3 is 0 Å². The van der Waals surface area contributed by atoms with Crippen LogP contribution in [0, 0.1) is 6.92 Å². The maximum absolute atomic E-state index is 5.92. The van der Waals surface area contributed by atoms with E-state index in [1.165, 1.54) is 11.1 Å². The Bertz CT molecular complexity index is 750. The van der Waals surface area contributed by atoms with Crippen LogP contribution in [0.15, 0.2) is 53.9 Å². The van der Waals surface area contributed by atoms with E-state index in [-0.39, 0.29) is 0 Å². The van der Waals surface area contributed by atoms with Gasteiger partial charge in [0, 0.05) is 27.5 Å². The standard InChI is InChI=1S/C18H16ClNS2/c1-13-3-2-4-14(9-13)10-21-11-17-12-22-18(20-17)15-5-7-16(19)8-6-15/h2-9,12H,10-11H2,1H3. The number of aromatic nitrogens is 1. The van der Waals surface area contributed by atoms with E-state index in [1.54, 1.807) is 11.3 Å². The van der Waals surface area contributed by atoms with E-state index < -0.39 is 0 Å². The zero-order valence-corrected chi connectivity index (χ0v) is 14.6. The van der Waals surface area contributed by atoms with Crippen LogP contribution in [0.1, 0.15) is 16.8 Å². The third-order valence-corrected chi connectivity index (χ3v) is 5.47. The van der Waals surface area contributed by atoms with Crippen LogP contribution in [0.25, 0.3) is 10.6 Å². The molecule has 2 aromatic carbocycles. The lowest BCUT2D eigenvalue weighted by molar-refractivity contribution is 1.23. The molecule has 0 N–H and O–H groups in total. The van der Waals surface area contributed by atoms with Crippen molar-refractivity contribution >= 4 is 34.7 Å². The van der Waals surface area contributed by atoms with Gasteiger partial charge in [0.15, 0.2) is 0 Å². The lowest BCUT2D eigenvalue weighted by Gasteiger charge is -2.01. The van der Waals surface area contributed by atoms with E-state index in [2.05, 4.69) is 36.6 Å². The Morgan fingerprint density at radius 3 is 2.68 bits per heavy atom. The number of benzene rings is 2. The molecule has 1 aromatic heterocycles. The molecule has 0 aliphatic heterocycles. The van der Waals surface area contributed by atoms with Gasteiger partial charge in [0.1, 0.15) is 5.01 Å². The Labute approximate surface area is 144 Å². The summed E-state index contributed by atoms with van der Waals surface area (Å²) in [4.78, 5) is 4.71. The Morgan fingerprint density at radius 2 is 1.91 bits per heavy atom. The molecule has 0 aliphatic carbocycles. The van der Waals surface area contributed by atoms with Crippen molar-refractivity contribution in [1.82, 2.24) is 4.98 Å². The first-order valence-corrected chi connectivity index (χ1v) is 9.45. The van der Waals surface area contributed by atoms with Crippen molar-refractivity contribution in [2.45, 2.75) is 18.4 Å². The molecule has 0 atom stereocenters. The first-order valence-electron chi connectivity index (χ1n) is 7.04. The Hall–Kier alpha value is -1.29. The Balaban J connectivity index is 1.59. The Morgan fingerprint density at radius 1 is 1.09 bits per heavy atom. The van der Waals surface area contributed by atoms with Crippen LogP contribution in [-0.4, -0.2) is 4.98 Å². The fourth-order valence-electron chi connectivity index (χ4n) is 2.17. The van der Waals surface area contributed by atoms with Crippen LogP contribution >= 0.6 is 34.7 Å². The third kappa shape index (κ3) is 4.13. The lowest BCUT2D eigenvalue weighted by Crippen LogP contribution is -1.85.